The zero-order valence-electron chi connectivity index (χ0n) is 12.5. The van der Waals surface area contributed by atoms with Crippen LogP contribution in [-0.2, 0) is 20.0 Å². The molecule has 1 N–H and O–H groups in total. The number of rotatable bonds is 6. The van der Waals surface area contributed by atoms with E-state index in [1.807, 2.05) is 31.8 Å². The molecule has 0 atom stereocenters. The van der Waals surface area contributed by atoms with E-state index in [2.05, 4.69) is 27.3 Å². The molecule has 2 aromatic heterocycles. The van der Waals surface area contributed by atoms with E-state index in [0.717, 1.165) is 23.5 Å². The minimum absolute atomic E-state index is 0.597. The quantitative estimate of drug-likeness (QED) is 0.874. The Morgan fingerprint density at radius 1 is 1.30 bits per heavy atom. The Morgan fingerprint density at radius 3 is 2.80 bits per heavy atom. The molecule has 0 aromatic carbocycles. The number of nitrogens with one attached hydrogen (secondary N) is 1. The third-order valence-corrected chi connectivity index (χ3v) is 3.09. The molecule has 6 nitrogen and oxygen atoms in total. The van der Waals surface area contributed by atoms with Gasteiger partial charge in [-0.25, -0.2) is 9.97 Å². The summed E-state index contributed by atoms with van der Waals surface area (Å²) in [6.45, 7) is 7.30. The highest BCUT2D eigenvalue weighted by Crippen LogP contribution is 2.21. The summed E-state index contributed by atoms with van der Waals surface area (Å²) in [7, 11) is 1.94. The van der Waals surface area contributed by atoms with Crippen molar-refractivity contribution in [3.8, 4) is 5.88 Å². The zero-order chi connectivity index (χ0) is 14.5. The van der Waals surface area contributed by atoms with Crippen LogP contribution < -0.4 is 10.1 Å². The summed E-state index contributed by atoms with van der Waals surface area (Å²) in [6, 6.07) is 0. The average molecular weight is 275 g/mol. The minimum Gasteiger partial charge on any atom is -0.478 e. The van der Waals surface area contributed by atoms with Gasteiger partial charge in [0, 0.05) is 25.4 Å². The molecule has 2 heterocycles. The highest BCUT2D eigenvalue weighted by Gasteiger charge is 2.10. The highest BCUT2D eigenvalue weighted by molar-refractivity contribution is 5.48. The van der Waals surface area contributed by atoms with Crippen LogP contribution in [0, 0.1) is 6.92 Å². The number of hydrogen-bond acceptors (Lipinski definition) is 5. The van der Waals surface area contributed by atoms with E-state index in [1.54, 1.807) is 0 Å². The fourth-order valence-corrected chi connectivity index (χ4v) is 2.10. The lowest BCUT2D eigenvalue weighted by molar-refractivity contribution is 0.324. The van der Waals surface area contributed by atoms with Crippen LogP contribution >= 0.6 is 0 Å². The van der Waals surface area contributed by atoms with E-state index in [4.69, 9.17) is 4.74 Å². The molecule has 0 spiro atoms. The Hall–Kier alpha value is -2.11. The van der Waals surface area contributed by atoms with Crippen LogP contribution in [-0.4, -0.2) is 26.4 Å². The molecule has 0 fully saturated rings. The van der Waals surface area contributed by atoms with Gasteiger partial charge in [0.2, 0.25) is 5.88 Å². The smallest absolute Gasteiger partial charge is 0.221 e. The SMILES string of the molecule is CCOc1ncnc(NCc2cn(C)nc2CC)c1C. The van der Waals surface area contributed by atoms with Gasteiger partial charge in [-0.1, -0.05) is 6.92 Å². The lowest BCUT2D eigenvalue weighted by atomic mass is 10.2. The first-order valence-electron chi connectivity index (χ1n) is 6.85. The van der Waals surface area contributed by atoms with Crippen molar-refractivity contribution in [1.29, 1.82) is 0 Å². The van der Waals surface area contributed by atoms with Gasteiger partial charge in [0.05, 0.1) is 17.9 Å². The summed E-state index contributed by atoms with van der Waals surface area (Å²) in [5.74, 6) is 1.43. The average Bonchev–Trinajstić information content (AvgIpc) is 2.80. The van der Waals surface area contributed by atoms with Gasteiger partial charge in [-0.3, -0.25) is 4.68 Å². The maximum atomic E-state index is 5.47. The second-order valence-corrected chi connectivity index (χ2v) is 4.57. The van der Waals surface area contributed by atoms with E-state index >= 15 is 0 Å². The Morgan fingerprint density at radius 2 is 2.10 bits per heavy atom. The topological polar surface area (TPSA) is 64.9 Å². The number of aromatic nitrogens is 4. The van der Waals surface area contributed by atoms with Crippen LogP contribution in [0.1, 0.15) is 30.7 Å². The predicted molar refractivity (Wildman–Crippen MR) is 77.9 cm³/mol. The van der Waals surface area contributed by atoms with Crippen LogP contribution in [0.2, 0.25) is 0 Å². The van der Waals surface area contributed by atoms with Crippen molar-refractivity contribution in [2.75, 3.05) is 11.9 Å². The van der Waals surface area contributed by atoms with Gasteiger partial charge >= 0.3 is 0 Å². The van der Waals surface area contributed by atoms with E-state index in [1.165, 1.54) is 11.9 Å². The van der Waals surface area contributed by atoms with Crippen LogP contribution in [0.3, 0.4) is 0 Å². The molecule has 6 heteroatoms. The van der Waals surface area contributed by atoms with Gasteiger partial charge in [0.15, 0.2) is 0 Å². The number of hydrogen-bond donors (Lipinski definition) is 1. The van der Waals surface area contributed by atoms with Gasteiger partial charge in [-0.2, -0.15) is 5.10 Å². The molecule has 0 amide bonds. The number of anilines is 1. The molecule has 108 valence electrons. The van der Waals surface area contributed by atoms with E-state index in [0.29, 0.717) is 19.0 Å². The first kappa shape index (κ1) is 14.3. The monoisotopic (exact) mass is 275 g/mol. The number of ether oxygens (including phenoxy) is 1. The van der Waals surface area contributed by atoms with E-state index in [9.17, 15) is 0 Å². The van der Waals surface area contributed by atoms with Crippen molar-refractivity contribution in [2.45, 2.75) is 33.7 Å². The molecule has 0 radical (unpaired) electrons. The summed E-state index contributed by atoms with van der Waals surface area (Å²) >= 11 is 0. The fraction of sp³-hybridized carbons (Fsp3) is 0.500. The van der Waals surface area contributed by atoms with Crippen molar-refractivity contribution in [3.05, 3.63) is 29.3 Å². The van der Waals surface area contributed by atoms with Crippen molar-refractivity contribution in [3.63, 3.8) is 0 Å². The molecule has 0 aliphatic carbocycles. The van der Waals surface area contributed by atoms with Gasteiger partial charge in [-0.15, -0.1) is 0 Å². The largest absolute Gasteiger partial charge is 0.478 e. The second kappa shape index (κ2) is 6.36. The zero-order valence-corrected chi connectivity index (χ0v) is 12.5. The fourth-order valence-electron chi connectivity index (χ4n) is 2.10. The second-order valence-electron chi connectivity index (χ2n) is 4.57. The highest BCUT2D eigenvalue weighted by atomic mass is 16.5. The molecule has 0 bridgehead atoms. The summed E-state index contributed by atoms with van der Waals surface area (Å²) in [5.41, 5.74) is 3.22. The molecular formula is C14H21N5O. The standard InChI is InChI=1S/C14H21N5O/c1-5-12-11(8-19(4)18-12)7-15-13-10(3)14(20-6-2)17-9-16-13/h8-9H,5-7H2,1-4H3,(H,15,16,17). The molecule has 2 rings (SSSR count). The number of nitrogens with zero attached hydrogens (tertiary/aromatic N) is 4. The van der Waals surface area contributed by atoms with Crippen LogP contribution in [0.15, 0.2) is 12.5 Å². The maximum Gasteiger partial charge on any atom is 0.221 e. The number of aryl methyl sites for hydroxylation is 2. The minimum atomic E-state index is 0.597. The van der Waals surface area contributed by atoms with E-state index < -0.39 is 0 Å². The molecule has 2 aromatic rings. The molecule has 0 aliphatic rings. The molecule has 0 saturated heterocycles. The Bertz CT molecular complexity index is 579. The van der Waals surface area contributed by atoms with Crippen LogP contribution in [0.25, 0.3) is 0 Å². The molecule has 0 unspecified atom stereocenters. The van der Waals surface area contributed by atoms with Crippen molar-refractivity contribution < 1.29 is 4.74 Å². The summed E-state index contributed by atoms with van der Waals surface area (Å²) in [5, 5.41) is 7.76. The maximum absolute atomic E-state index is 5.47. The van der Waals surface area contributed by atoms with E-state index in [-0.39, 0.29) is 0 Å². The van der Waals surface area contributed by atoms with Gasteiger partial charge in [-0.05, 0) is 20.3 Å². The molecule has 0 saturated carbocycles. The Labute approximate surface area is 119 Å². The van der Waals surface area contributed by atoms with Crippen LogP contribution in [0.5, 0.6) is 5.88 Å². The molecule has 20 heavy (non-hydrogen) atoms. The van der Waals surface area contributed by atoms with Crippen molar-refractivity contribution in [1.82, 2.24) is 19.7 Å². The lowest BCUT2D eigenvalue weighted by Crippen LogP contribution is -2.07. The summed E-state index contributed by atoms with van der Waals surface area (Å²) in [4.78, 5) is 8.40. The third-order valence-electron chi connectivity index (χ3n) is 3.09. The predicted octanol–water partition coefficient (Wildman–Crippen LogP) is 2.09. The Balaban J connectivity index is 2.12. The molecule has 0 aliphatic heterocycles. The Kier molecular flexibility index (Phi) is 4.55. The normalized spacial score (nSPS) is 10.6. The molecular weight excluding hydrogens is 254 g/mol. The lowest BCUT2D eigenvalue weighted by Gasteiger charge is -2.11. The first-order valence-corrected chi connectivity index (χ1v) is 6.85. The summed E-state index contributed by atoms with van der Waals surface area (Å²) < 4.78 is 7.31. The van der Waals surface area contributed by atoms with Crippen molar-refractivity contribution >= 4 is 5.82 Å². The van der Waals surface area contributed by atoms with Gasteiger partial charge in [0.1, 0.15) is 12.1 Å². The van der Waals surface area contributed by atoms with Gasteiger partial charge in [0.25, 0.3) is 0 Å². The first-order chi connectivity index (χ1) is 9.65. The van der Waals surface area contributed by atoms with Gasteiger partial charge < -0.3 is 10.1 Å². The van der Waals surface area contributed by atoms with Crippen LogP contribution in [0.4, 0.5) is 5.82 Å². The third kappa shape index (κ3) is 3.07. The summed E-state index contributed by atoms with van der Waals surface area (Å²) in [6.07, 6.45) is 4.47. The van der Waals surface area contributed by atoms with Crippen molar-refractivity contribution in [2.24, 2.45) is 7.05 Å².